The molecule has 138 valence electrons. The van der Waals surface area contributed by atoms with Gasteiger partial charge in [-0.3, -0.25) is 4.79 Å². The number of carbonyl (C=O) groups is 1. The molecule has 1 N–H and O–H groups in total. The molecule has 5 heteroatoms. The molecule has 0 bridgehead atoms. The van der Waals surface area contributed by atoms with Crippen molar-refractivity contribution < 1.29 is 4.79 Å². The minimum atomic E-state index is 0.0928. The van der Waals surface area contributed by atoms with Gasteiger partial charge in [-0.1, -0.05) is 42.0 Å². The van der Waals surface area contributed by atoms with Crippen molar-refractivity contribution in [1.82, 2.24) is 19.8 Å². The van der Waals surface area contributed by atoms with E-state index < -0.39 is 0 Å². The van der Waals surface area contributed by atoms with Gasteiger partial charge < -0.3 is 14.8 Å². The van der Waals surface area contributed by atoms with Crippen molar-refractivity contribution in [3.05, 3.63) is 65.9 Å². The maximum Gasteiger partial charge on any atom is 0.253 e. The molecule has 1 saturated heterocycles. The van der Waals surface area contributed by atoms with E-state index in [1.807, 2.05) is 35.4 Å². The van der Waals surface area contributed by atoms with Crippen LogP contribution in [0.4, 0.5) is 0 Å². The Hall–Kier alpha value is -2.92. The lowest BCUT2D eigenvalue weighted by atomic mass is 10.1. The fourth-order valence-corrected chi connectivity index (χ4v) is 3.33. The van der Waals surface area contributed by atoms with Gasteiger partial charge in [-0.25, -0.2) is 4.98 Å². The Balaban J connectivity index is 1.56. The van der Waals surface area contributed by atoms with Crippen LogP contribution in [-0.4, -0.2) is 58.9 Å². The van der Waals surface area contributed by atoms with E-state index in [0.29, 0.717) is 5.56 Å². The number of nitrogens with one attached hydrogen (secondary N) is 1. The summed E-state index contributed by atoms with van der Waals surface area (Å²) in [6.45, 7) is 5.46. The average molecular weight is 360 g/mol. The fourth-order valence-electron chi connectivity index (χ4n) is 3.33. The molecule has 0 unspecified atom stereocenters. The number of amides is 1. The van der Waals surface area contributed by atoms with Crippen LogP contribution in [0.3, 0.4) is 0 Å². The van der Waals surface area contributed by atoms with Gasteiger partial charge in [0.15, 0.2) is 0 Å². The van der Waals surface area contributed by atoms with Crippen LogP contribution in [-0.2, 0) is 0 Å². The van der Waals surface area contributed by atoms with Gasteiger partial charge in [-0.15, -0.1) is 0 Å². The van der Waals surface area contributed by atoms with E-state index in [2.05, 4.69) is 48.1 Å². The molecule has 2 heterocycles. The molecular formula is C22H24N4O. The first-order valence-electron chi connectivity index (χ1n) is 9.31. The first-order chi connectivity index (χ1) is 13.1. The molecule has 1 aliphatic heterocycles. The predicted molar refractivity (Wildman–Crippen MR) is 108 cm³/mol. The molecule has 1 aromatic heterocycles. The van der Waals surface area contributed by atoms with E-state index in [9.17, 15) is 4.79 Å². The van der Waals surface area contributed by atoms with Crippen molar-refractivity contribution in [1.29, 1.82) is 0 Å². The molecule has 27 heavy (non-hydrogen) atoms. The van der Waals surface area contributed by atoms with E-state index in [1.54, 1.807) is 0 Å². The van der Waals surface area contributed by atoms with E-state index in [-0.39, 0.29) is 5.91 Å². The number of aromatic amines is 1. The van der Waals surface area contributed by atoms with Gasteiger partial charge in [0.1, 0.15) is 5.82 Å². The number of likely N-dealkylation sites (N-methyl/N-ethyl adjacent to an activating group) is 1. The number of rotatable bonds is 3. The predicted octanol–water partition coefficient (Wildman–Crippen LogP) is 3.44. The summed E-state index contributed by atoms with van der Waals surface area (Å²) in [5.74, 6) is 0.869. The quantitative estimate of drug-likeness (QED) is 0.778. The Kier molecular flexibility index (Phi) is 4.77. The van der Waals surface area contributed by atoms with Crippen LogP contribution in [0, 0.1) is 6.92 Å². The van der Waals surface area contributed by atoms with Crippen molar-refractivity contribution in [2.75, 3.05) is 33.2 Å². The number of aryl methyl sites for hydroxylation is 1. The summed E-state index contributed by atoms with van der Waals surface area (Å²) < 4.78 is 0. The monoisotopic (exact) mass is 360 g/mol. The number of aromatic nitrogens is 2. The summed E-state index contributed by atoms with van der Waals surface area (Å²) in [6, 6.07) is 16.0. The third-order valence-corrected chi connectivity index (χ3v) is 5.10. The summed E-state index contributed by atoms with van der Waals surface area (Å²) >= 11 is 0. The van der Waals surface area contributed by atoms with Crippen LogP contribution in [0.25, 0.3) is 22.6 Å². The number of piperazine rings is 1. The van der Waals surface area contributed by atoms with E-state index in [0.717, 1.165) is 48.8 Å². The van der Waals surface area contributed by atoms with Crippen molar-refractivity contribution in [2.24, 2.45) is 0 Å². The second-order valence-electron chi connectivity index (χ2n) is 7.18. The third-order valence-electron chi connectivity index (χ3n) is 5.10. The number of carbonyl (C=O) groups excluding carboxylic acids is 1. The van der Waals surface area contributed by atoms with Gasteiger partial charge in [0.25, 0.3) is 5.91 Å². The van der Waals surface area contributed by atoms with E-state index in [4.69, 9.17) is 4.98 Å². The molecule has 0 spiro atoms. The smallest absolute Gasteiger partial charge is 0.253 e. The first-order valence-corrected chi connectivity index (χ1v) is 9.31. The standard InChI is InChI=1S/C22H24N4O/c1-16-6-8-17(9-7-16)20-15-23-21(24-20)18-4-3-5-19(14-18)22(27)26-12-10-25(2)11-13-26/h3-9,14-15H,10-13H2,1-2H3,(H,23,24). The van der Waals surface area contributed by atoms with Gasteiger partial charge in [-0.05, 0) is 26.1 Å². The number of nitrogens with zero attached hydrogens (tertiary/aromatic N) is 3. The van der Waals surface area contributed by atoms with E-state index >= 15 is 0 Å². The highest BCUT2D eigenvalue weighted by molar-refractivity contribution is 5.95. The summed E-state index contributed by atoms with van der Waals surface area (Å²) in [7, 11) is 2.09. The van der Waals surface area contributed by atoms with Gasteiger partial charge in [0.05, 0.1) is 5.69 Å². The zero-order valence-corrected chi connectivity index (χ0v) is 15.8. The molecule has 2 aromatic carbocycles. The van der Waals surface area contributed by atoms with Crippen LogP contribution in [0.2, 0.25) is 0 Å². The van der Waals surface area contributed by atoms with Crippen molar-refractivity contribution >= 4 is 5.91 Å². The Morgan fingerprint density at radius 3 is 2.48 bits per heavy atom. The second-order valence-corrected chi connectivity index (χ2v) is 7.18. The molecule has 1 amide bonds. The third kappa shape index (κ3) is 3.78. The Bertz CT molecular complexity index is 937. The lowest BCUT2D eigenvalue weighted by molar-refractivity contribution is 0.0664. The Morgan fingerprint density at radius 2 is 1.74 bits per heavy atom. The zero-order chi connectivity index (χ0) is 18.8. The highest BCUT2D eigenvalue weighted by Gasteiger charge is 2.20. The molecule has 3 aromatic rings. The minimum Gasteiger partial charge on any atom is -0.344 e. The second kappa shape index (κ2) is 7.37. The summed E-state index contributed by atoms with van der Waals surface area (Å²) in [5.41, 5.74) is 4.84. The molecular weight excluding hydrogens is 336 g/mol. The molecule has 0 aliphatic carbocycles. The SMILES string of the molecule is Cc1ccc(-c2c[nH]c(-c3cccc(C(=O)N4CCN(C)CC4)c3)n2)cc1. The van der Waals surface area contributed by atoms with Gasteiger partial charge >= 0.3 is 0 Å². The summed E-state index contributed by atoms with van der Waals surface area (Å²) in [6.07, 6.45) is 1.91. The minimum absolute atomic E-state index is 0.0928. The maximum atomic E-state index is 12.8. The van der Waals surface area contributed by atoms with Crippen molar-refractivity contribution in [3.63, 3.8) is 0 Å². The lowest BCUT2D eigenvalue weighted by Crippen LogP contribution is -2.47. The highest BCUT2D eigenvalue weighted by atomic mass is 16.2. The number of hydrogen-bond donors (Lipinski definition) is 1. The largest absolute Gasteiger partial charge is 0.344 e. The molecule has 1 fully saturated rings. The van der Waals surface area contributed by atoms with E-state index in [1.165, 1.54) is 5.56 Å². The average Bonchev–Trinajstić information content (AvgIpc) is 3.19. The Labute approximate surface area is 159 Å². The maximum absolute atomic E-state index is 12.8. The lowest BCUT2D eigenvalue weighted by Gasteiger charge is -2.32. The van der Waals surface area contributed by atoms with Crippen LogP contribution in [0.5, 0.6) is 0 Å². The highest BCUT2D eigenvalue weighted by Crippen LogP contribution is 2.23. The van der Waals surface area contributed by atoms with Crippen molar-refractivity contribution in [3.8, 4) is 22.6 Å². The van der Waals surface area contributed by atoms with Crippen LogP contribution >= 0.6 is 0 Å². The number of hydrogen-bond acceptors (Lipinski definition) is 3. The first kappa shape index (κ1) is 17.5. The van der Waals surface area contributed by atoms with Crippen molar-refractivity contribution in [2.45, 2.75) is 6.92 Å². The normalized spacial score (nSPS) is 15.1. The Morgan fingerprint density at radius 1 is 1.00 bits per heavy atom. The molecule has 4 rings (SSSR count). The fraction of sp³-hybridized carbons (Fsp3) is 0.273. The van der Waals surface area contributed by atoms with Crippen LogP contribution in [0.1, 0.15) is 15.9 Å². The summed E-state index contributed by atoms with van der Waals surface area (Å²) in [5, 5.41) is 0. The molecule has 0 atom stereocenters. The van der Waals surface area contributed by atoms with Gasteiger partial charge in [-0.2, -0.15) is 0 Å². The number of H-pyrrole nitrogens is 1. The zero-order valence-electron chi connectivity index (χ0n) is 15.8. The van der Waals surface area contributed by atoms with Crippen LogP contribution < -0.4 is 0 Å². The molecule has 0 radical (unpaired) electrons. The topological polar surface area (TPSA) is 52.2 Å². The molecule has 0 saturated carbocycles. The van der Waals surface area contributed by atoms with Gasteiger partial charge in [0, 0.05) is 49.1 Å². The molecule has 1 aliphatic rings. The number of imidazole rings is 1. The number of benzene rings is 2. The summed E-state index contributed by atoms with van der Waals surface area (Å²) in [4.78, 5) is 25.0. The van der Waals surface area contributed by atoms with Gasteiger partial charge in [0.2, 0.25) is 0 Å². The van der Waals surface area contributed by atoms with Crippen LogP contribution in [0.15, 0.2) is 54.7 Å². The molecule has 5 nitrogen and oxygen atoms in total.